The first-order valence-electron chi connectivity index (χ1n) is 6.38. The first-order chi connectivity index (χ1) is 6.74. The highest BCUT2D eigenvalue weighted by molar-refractivity contribution is 6.20. The predicted molar refractivity (Wildman–Crippen MR) is 62.7 cm³/mol. The molecular formula is C13H23Cl. The Morgan fingerprint density at radius 3 is 2.14 bits per heavy atom. The zero-order valence-electron chi connectivity index (χ0n) is 9.34. The van der Waals surface area contributed by atoms with Crippen molar-refractivity contribution < 1.29 is 0 Å². The van der Waals surface area contributed by atoms with E-state index in [-0.39, 0.29) is 0 Å². The van der Waals surface area contributed by atoms with Crippen LogP contribution in [0.1, 0.15) is 58.3 Å². The molecule has 0 spiro atoms. The van der Waals surface area contributed by atoms with E-state index in [1.165, 1.54) is 51.4 Å². The van der Waals surface area contributed by atoms with Gasteiger partial charge in [0.05, 0.1) is 0 Å². The molecule has 14 heavy (non-hydrogen) atoms. The summed E-state index contributed by atoms with van der Waals surface area (Å²) in [5.74, 6) is 3.00. The molecule has 2 rings (SSSR count). The van der Waals surface area contributed by atoms with Gasteiger partial charge in [0.1, 0.15) is 0 Å². The maximum absolute atomic E-state index is 6.15. The van der Waals surface area contributed by atoms with Crippen LogP contribution in [0.3, 0.4) is 0 Å². The van der Waals surface area contributed by atoms with Gasteiger partial charge in [-0.1, -0.05) is 32.6 Å². The van der Waals surface area contributed by atoms with Crippen molar-refractivity contribution in [2.45, 2.75) is 63.7 Å². The average molecular weight is 215 g/mol. The van der Waals surface area contributed by atoms with Crippen molar-refractivity contribution in [2.24, 2.45) is 17.8 Å². The lowest BCUT2D eigenvalue weighted by Gasteiger charge is -2.28. The number of alkyl halides is 1. The maximum atomic E-state index is 6.15. The van der Waals surface area contributed by atoms with Crippen LogP contribution in [-0.2, 0) is 0 Å². The summed E-state index contributed by atoms with van der Waals surface area (Å²) in [7, 11) is 0. The van der Waals surface area contributed by atoms with Crippen LogP contribution in [0.4, 0.5) is 0 Å². The van der Waals surface area contributed by atoms with Gasteiger partial charge in [-0.05, 0) is 43.4 Å². The summed E-state index contributed by atoms with van der Waals surface area (Å²) in [4.78, 5) is 0. The topological polar surface area (TPSA) is 0 Å². The van der Waals surface area contributed by atoms with Crippen LogP contribution in [0.15, 0.2) is 0 Å². The summed E-state index contributed by atoms with van der Waals surface area (Å²) in [6.07, 6.45) is 11.4. The van der Waals surface area contributed by atoms with Gasteiger partial charge in [-0.15, -0.1) is 11.6 Å². The van der Waals surface area contributed by atoms with E-state index in [0.29, 0.717) is 5.38 Å². The van der Waals surface area contributed by atoms with Gasteiger partial charge in [0.2, 0.25) is 0 Å². The predicted octanol–water partition coefficient (Wildman–Crippen LogP) is 4.61. The first-order valence-corrected chi connectivity index (χ1v) is 6.81. The monoisotopic (exact) mass is 214 g/mol. The standard InChI is InChI=1S/C13H23Cl/c1-10-2-4-11(5-3-10)8-12-6-7-13(14)9-12/h10-13H,2-9H2,1H3. The highest BCUT2D eigenvalue weighted by atomic mass is 35.5. The molecule has 2 aliphatic rings. The van der Waals surface area contributed by atoms with Crippen LogP contribution in [0.2, 0.25) is 0 Å². The van der Waals surface area contributed by atoms with Crippen LogP contribution >= 0.6 is 11.6 Å². The summed E-state index contributed by atoms with van der Waals surface area (Å²) < 4.78 is 0. The Balaban J connectivity index is 1.70. The first kappa shape index (κ1) is 10.8. The second kappa shape index (κ2) is 4.88. The second-order valence-corrected chi connectivity index (χ2v) is 6.26. The van der Waals surface area contributed by atoms with Crippen molar-refractivity contribution in [2.75, 3.05) is 0 Å². The van der Waals surface area contributed by atoms with Crippen molar-refractivity contribution in [3.63, 3.8) is 0 Å². The summed E-state index contributed by atoms with van der Waals surface area (Å²) in [6, 6.07) is 0. The molecule has 2 fully saturated rings. The summed E-state index contributed by atoms with van der Waals surface area (Å²) in [6.45, 7) is 2.40. The summed E-state index contributed by atoms with van der Waals surface area (Å²) in [5.41, 5.74) is 0. The van der Waals surface area contributed by atoms with Gasteiger partial charge in [0, 0.05) is 5.38 Å². The summed E-state index contributed by atoms with van der Waals surface area (Å²) in [5, 5.41) is 0.502. The van der Waals surface area contributed by atoms with Crippen LogP contribution in [0, 0.1) is 17.8 Å². The molecule has 2 aliphatic carbocycles. The average Bonchev–Trinajstić information content (AvgIpc) is 2.56. The van der Waals surface area contributed by atoms with Gasteiger partial charge in [-0.25, -0.2) is 0 Å². The van der Waals surface area contributed by atoms with Crippen molar-refractivity contribution in [3.8, 4) is 0 Å². The Labute approximate surface area is 93.4 Å². The minimum absolute atomic E-state index is 0.502. The van der Waals surface area contributed by atoms with E-state index in [1.807, 2.05) is 0 Å². The van der Waals surface area contributed by atoms with E-state index >= 15 is 0 Å². The number of hydrogen-bond acceptors (Lipinski definition) is 0. The van der Waals surface area contributed by atoms with Gasteiger partial charge in [0.15, 0.2) is 0 Å². The van der Waals surface area contributed by atoms with Crippen LogP contribution in [0.5, 0.6) is 0 Å². The molecule has 0 aromatic rings. The van der Waals surface area contributed by atoms with E-state index in [0.717, 1.165) is 17.8 Å². The molecule has 0 nitrogen and oxygen atoms in total. The second-order valence-electron chi connectivity index (χ2n) is 5.64. The zero-order chi connectivity index (χ0) is 9.97. The lowest BCUT2D eigenvalue weighted by atomic mass is 9.78. The fraction of sp³-hybridized carbons (Fsp3) is 1.00. The number of halogens is 1. The van der Waals surface area contributed by atoms with Crippen LogP contribution in [0.25, 0.3) is 0 Å². The van der Waals surface area contributed by atoms with Gasteiger partial charge in [-0.2, -0.15) is 0 Å². The fourth-order valence-electron chi connectivity index (χ4n) is 3.26. The quantitative estimate of drug-likeness (QED) is 0.589. The van der Waals surface area contributed by atoms with Gasteiger partial charge >= 0.3 is 0 Å². The van der Waals surface area contributed by atoms with Gasteiger partial charge in [-0.3, -0.25) is 0 Å². The van der Waals surface area contributed by atoms with E-state index in [9.17, 15) is 0 Å². The molecule has 0 bridgehead atoms. The van der Waals surface area contributed by atoms with Gasteiger partial charge < -0.3 is 0 Å². The molecule has 2 atom stereocenters. The smallest absolute Gasteiger partial charge is 0.0338 e. The minimum atomic E-state index is 0.502. The van der Waals surface area contributed by atoms with E-state index in [2.05, 4.69) is 6.92 Å². The normalized spacial score (nSPS) is 44.1. The van der Waals surface area contributed by atoms with E-state index in [1.54, 1.807) is 0 Å². The van der Waals surface area contributed by atoms with Crippen LogP contribution in [-0.4, -0.2) is 5.38 Å². The molecule has 2 saturated carbocycles. The third-order valence-electron chi connectivity index (χ3n) is 4.28. The Kier molecular flexibility index (Phi) is 3.76. The molecule has 0 aromatic carbocycles. The third kappa shape index (κ3) is 2.89. The molecule has 0 heterocycles. The molecule has 1 heteroatoms. The molecule has 0 aromatic heterocycles. The summed E-state index contributed by atoms with van der Waals surface area (Å²) >= 11 is 6.15. The Bertz CT molecular complexity index is 170. The van der Waals surface area contributed by atoms with Crippen molar-refractivity contribution >= 4 is 11.6 Å². The maximum Gasteiger partial charge on any atom is 0.0338 e. The number of hydrogen-bond donors (Lipinski definition) is 0. The highest BCUT2D eigenvalue weighted by Gasteiger charge is 2.27. The van der Waals surface area contributed by atoms with E-state index < -0.39 is 0 Å². The van der Waals surface area contributed by atoms with Crippen molar-refractivity contribution in [1.82, 2.24) is 0 Å². The molecule has 2 unspecified atom stereocenters. The fourth-order valence-corrected chi connectivity index (χ4v) is 3.64. The molecular weight excluding hydrogens is 192 g/mol. The third-order valence-corrected chi connectivity index (χ3v) is 4.68. The molecule has 0 saturated heterocycles. The molecule has 0 aliphatic heterocycles. The largest absolute Gasteiger partial charge is 0.123 e. The highest BCUT2D eigenvalue weighted by Crippen LogP contribution is 2.38. The van der Waals surface area contributed by atoms with Crippen molar-refractivity contribution in [3.05, 3.63) is 0 Å². The SMILES string of the molecule is CC1CCC(CC2CCC(Cl)C2)CC1. The minimum Gasteiger partial charge on any atom is -0.123 e. The Morgan fingerprint density at radius 2 is 1.57 bits per heavy atom. The lowest BCUT2D eigenvalue weighted by Crippen LogP contribution is -2.15. The molecule has 0 amide bonds. The lowest BCUT2D eigenvalue weighted by molar-refractivity contribution is 0.246. The molecule has 0 N–H and O–H groups in total. The molecule has 0 radical (unpaired) electrons. The number of rotatable bonds is 2. The molecule has 82 valence electrons. The van der Waals surface area contributed by atoms with Gasteiger partial charge in [0.25, 0.3) is 0 Å². The zero-order valence-corrected chi connectivity index (χ0v) is 10.1. The van der Waals surface area contributed by atoms with Crippen molar-refractivity contribution in [1.29, 1.82) is 0 Å². The Morgan fingerprint density at radius 1 is 0.929 bits per heavy atom. The van der Waals surface area contributed by atoms with E-state index in [4.69, 9.17) is 11.6 Å². The Hall–Kier alpha value is 0.290. The van der Waals surface area contributed by atoms with Crippen LogP contribution < -0.4 is 0 Å².